The van der Waals surface area contributed by atoms with Crippen molar-refractivity contribution in [2.45, 2.75) is 6.92 Å². The number of hydrogen-bond donors (Lipinski definition) is 0. The Hall–Kier alpha value is -1.42. The molecule has 0 aliphatic carbocycles. The van der Waals surface area contributed by atoms with Crippen LogP contribution in [-0.4, -0.2) is 4.98 Å². The molecule has 0 spiro atoms. The van der Waals surface area contributed by atoms with Crippen molar-refractivity contribution in [2.24, 2.45) is 0 Å². The first kappa shape index (κ1) is 11.1. The van der Waals surface area contributed by atoms with Crippen molar-refractivity contribution < 1.29 is 9.13 Å². The van der Waals surface area contributed by atoms with Crippen molar-refractivity contribution in [2.75, 3.05) is 0 Å². The standard InChI is InChI=1S/C12H9BrFNO/c1-8-3-2-4-11(12(8)14)16-10-5-6-15-7-9(10)13/h2-7H,1H3. The second-order valence-electron chi connectivity index (χ2n) is 3.30. The molecule has 2 nitrogen and oxygen atoms in total. The lowest BCUT2D eigenvalue weighted by Gasteiger charge is -2.08. The number of aromatic nitrogens is 1. The summed E-state index contributed by atoms with van der Waals surface area (Å²) in [6.45, 7) is 1.70. The normalized spacial score (nSPS) is 10.2. The van der Waals surface area contributed by atoms with Crippen molar-refractivity contribution in [1.29, 1.82) is 0 Å². The van der Waals surface area contributed by atoms with Crippen LogP contribution in [-0.2, 0) is 0 Å². The summed E-state index contributed by atoms with van der Waals surface area (Å²) in [4.78, 5) is 3.91. The molecular weight excluding hydrogens is 273 g/mol. The Morgan fingerprint density at radius 2 is 2.06 bits per heavy atom. The molecule has 0 amide bonds. The Morgan fingerprint density at radius 1 is 1.25 bits per heavy atom. The van der Waals surface area contributed by atoms with Gasteiger partial charge in [0.05, 0.1) is 4.47 Å². The summed E-state index contributed by atoms with van der Waals surface area (Å²) in [6.07, 6.45) is 3.19. The third kappa shape index (κ3) is 2.22. The molecule has 4 heteroatoms. The minimum absolute atomic E-state index is 0.215. The summed E-state index contributed by atoms with van der Waals surface area (Å²) >= 11 is 3.29. The molecular formula is C12H9BrFNO. The zero-order chi connectivity index (χ0) is 11.5. The monoisotopic (exact) mass is 281 g/mol. The molecule has 0 radical (unpaired) electrons. The van der Waals surface area contributed by atoms with Crippen LogP contribution in [0.15, 0.2) is 41.1 Å². The van der Waals surface area contributed by atoms with E-state index in [1.54, 1.807) is 43.6 Å². The quantitative estimate of drug-likeness (QED) is 0.827. The van der Waals surface area contributed by atoms with Crippen LogP contribution >= 0.6 is 15.9 Å². The van der Waals surface area contributed by atoms with Gasteiger partial charge in [0, 0.05) is 18.5 Å². The summed E-state index contributed by atoms with van der Waals surface area (Å²) in [5, 5.41) is 0. The van der Waals surface area contributed by atoms with E-state index in [2.05, 4.69) is 20.9 Å². The highest BCUT2D eigenvalue weighted by molar-refractivity contribution is 9.10. The summed E-state index contributed by atoms with van der Waals surface area (Å²) in [7, 11) is 0. The van der Waals surface area contributed by atoms with Crippen LogP contribution < -0.4 is 4.74 Å². The molecule has 0 saturated heterocycles. The van der Waals surface area contributed by atoms with Gasteiger partial charge in [0.15, 0.2) is 11.6 Å². The highest BCUT2D eigenvalue weighted by Crippen LogP contribution is 2.30. The Kier molecular flexibility index (Phi) is 3.19. The number of ether oxygens (including phenoxy) is 1. The van der Waals surface area contributed by atoms with Gasteiger partial charge in [-0.15, -0.1) is 0 Å². The molecule has 0 N–H and O–H groups in total. The fourth-order valence-electron chi connectivity index (χ4n) is 1.26. The molecule has 0 unspecified atom stereocenters. The minimum Gasteiger partial charge on any atom is -0.453 e. The molecule has 0 bridgehead atoms. The molecule has 82 valence electrons. The topological polar surface area (TPSA) is 22.1 Å². The molecule has 0 saturated carbocycles. The highest BCUT2D eigenvalue weighted by Gasteiger charge is 2.08. The van der Waals surface area contributed by atoms with Gasteiger partial charge < -0.3 is 4.74 Å². The predicted molar refractivity (Wildman–Crippen MR) is 63.1 cm³/mol. The number of hydrogen-bond acceptors (Lipinski definition) is 2. The SMILES string of the molecule is Cc1cccc(Oc2ccncc2Br)c1F. The smallest absolute Gasteiger partial charge is 0.168 e. The van der Waals surface area contributed by atoms with Gasteiger partial charge in [0.25, 0.3) is 0 Å². The molecule has 2 rings (SSSR count). The van der Waals surface area contributed by atoms with Gasteiger partial charge in [-0.3, -0.25) is 4.98 Å². The summed E-state index contributed by atoms with van der Waals surface area (Å²) in [6, 6.07) is 6.72. The average Bonchev–Trinajstić information content (AvgIpc) is 2.28. The van der Waals surface area contributed by atoms with Crippen LogP contribution in [0, 0.1) is 12.7 Å². The fraction of sp³-hybridized carbons (Fsp3) is 0.0833. The Labute approximate surface area is 101 Å². The fourth-order valence-corrected chi connectivity index (χ4v) is 1.59. The minimum atomic E-state index is -0.341. The van der Waals surface area contributed by atoms with E-state index in [1.165, 1.54) is 0 Å². The van der Waals surface area contributed by atoms with Gasteiger partial charge in [-0.2, -0.15) is 0 Å². The molecule has 1 aromatic carbocycles. The lowest BCUT2D eigenvalue weighted by molar-refractivity contribution is 0.437. The Morgan fingerprint density at radius 3 is 2.81 bits per heavy atom. The van der Waals surface area contributed by atoms with Crippen LogP contribution in [0.3, 0.4) is 0 Å². The third-order valence-electron chi connectivity index (χ3n) is 2.11. The van der Waals surface area contributed by atoms with Crippen molar-refractivity contribution in [3.8, 4) is 11.5 Å². The van der Waals surface area contributed by atoms with Gasteiger partial charge >= 0.3 is 0 Å². The zero-order valence-corrected chi connectivity index (χ0v) is 10.2. The van der Waals surface area contributed by atoms with E-state index in [0.717, 1.165) is 0 Å². The summed E-state index contributed by atoms with van der Waals surface area (Å²) in [5.74, 6) is 0.414. The first-order chi connectivity index (χ1) is 7.68. The van der Waals surface area contributed by atoms with Crippen molar-refractivity contribution >= 4 is 15.9 Å². The maximum absolute atomic E-state index is 13.7. The second-order valence-corrected chi connectivity index (χ2v) is 4.15. The van der Waals surface area contributed by atoms with Crippen LogP contribution in [0.25, 0.3) is 0 Å². The number of benzene rings is 1. The second kappa shape index (κ2) is 4.61. The molecule has 0 aliphatic rings. The van der Waals surface area contributed by atoms with Crippen molar-refractivity contribution in [3.05, 3.63) is 52.5 Å². The van der Waals surface area contributed by atoms with Gasteiger partial charge in [0.2, 0.25) is 0 Å². The zero-order valence-electron chi connectivity index (χ0n) is 8.58. The largest absolute Gasteiger partial charge is 0.453 e. The number of nitrogens with zero attached hydrogens (tertiary/aromatic N) is 1. The van der Waals surface area contributed by atoms with Crippen LogP contribution in [0.5, 0.6) is 11.5 Å². The molecule has 0 aliphatic heterocycles. The van der Waals surface area contributed by atoms with Crippen LogP contribution in [0.2, 0.25) is 0 Å². The van der Waals surface area contributed by atoms with E-state index in [1.807, 2.05) is 0 Å². The van der Waals surface area contributed by atoms with E-state index >= 15 is 0 Å². The molecule has 0 atom stereocenters. The number of rotatable bonds is 2. The van der Waals surface area contributed by atoms with E-state index in [9.17, 15) is 4.39 Å². The molecule has 2 aromatic rings. The van der Waals surface area contributed by atoms with Crippen LogP contribution in [0.1, 0.15) is 5.56 Å². The van der Waals surface area contributed by atoms with Gasteiger partial charge in [-0.25, -0.2) is 4.39 Å². The molecule has 1 aromatic heterocycles. The van der Waals surface area contributed by atoms with E-state index in [4.69, 9.17) is 4.74 Å². The Balaban J connectivity index is 2.35. The highest BCUT2D eigenvalue weighted by atomic mass is 79.9. The van der Waals surface area contributed by atoms with Gasteiger partial charge in [-0.1, -0.05) is 12.1 Å². The number of pyridine rings is 1. The van der Waals surface area contributed by atoms with Crippen molar-refractivity contribution in [1.82, 2.24) is 4.98 Å². The van der Waals surface area contributed by atoms with Gasteiger partial charge in [0.1, 0.15) is 5.75 Å². The Bertz CT molecular complexity index is 516. The number of halogens is 2. The van der Waals surface area contributed by atoms with E-state index < -0.39 is 0 Å². The maximum atomic E-state index is 13.7. The summed E-state index contributed by atoms with van der Waals surface area (Å²) in [5.41, 5.74) is 0.558. The maximum Gasteiger partial charge on any atom is 0.168 e. The lowest BCUT2D eigenvalue weighted by Crippen LogP contribution is -1.91. The molecule has 1 heterocycles. The first-order valence-corrected chi connectivity index (χ1v) is 5.50. The summed E-state index contributed by atoms with van der Waals surface area (Å²) < 4.78 is 19.8. The van der Waals surface area contributed by atoms with E-state index in [-0.39, 0.29) is 11.6 Å². The number of aryl methyl sites for hydroxylation is 1. The van der Waals surface area contributed by atoms with E-state index in [0.29, 0.717) is 15.8 Å². The van der Waals surface area contributed by atoms with Crippen molar-refractivity contribution in [3.63, 3.8) is 0 Å². The van der Waals surface area contributed by atoms with Gasteiger partial charge in [-0.05, 0) is 34.5 Å². The third-order valence-corrected chi connectivity index (χ3v) is 2.71. The molecule has 0 fully saturated rings. The molecule has 16 heavy (non-hydrogen) atoms. The van der Waals surface area contributed by atoms with Crippen LogP contribution in [0.4, 0.5) is 4.39 Å². The predicted octanol–water partition coefficient (Wildman–Crippen LogP) is 4.08. The average molecular weight is 282 g/mol. The lowest BCUT2D eigenvalue weighted by atomic mass is 10.2. The first-order valence-electron chi connectivity index (χ1n) is 4.71.